The topological polar surface area (TPSA) is 49.9 Å². The number of ether oxygens (including phenoxy) is 1. The minimum absolute atomic E-state index is 0.0174. The van der Waals surface area contributed by atoms with Crippen LogP contribution in [0.15, 0.2) is 12.1 Å². The van der Waals surface area contributed by atoms with Gasteiger partial charge in [-0.05, 0) is 36.5 Å². The first kappa shape index (κ1) is 19.3. The van der Waals surface area contributed by atoms with E-state index in [0.717, 1.165) is 11.1 Å². The van der Waals surface area contributed by atoms with Crippen LogP contribution >= 0.6 is 0 Å². The lowest BCUT2D eigenvalue weighted by molar-refractivity contribution is -0.134. The summed E-state index contributed by atoms with van der Waals surface area (Å²) in [5.74, 6) is 0.789. The fourth-order valence-electron chi connectivity index (χ4n) is 3.28. The van der Waals surface area contributed by atoms with Gasteiger partial charge in [0.15, 0.2) is 0 Å². The molecule has 1 aromatic carbocycles. The van der Waals surface area contributed by atoms with Gasteiger partial charge < -0.3 is 14.5 Å². The lowest BCUT2D eigenvalue weighted by atomic mass is 9.91. The molecular formula is C20H30N2O3. The Balaban J connectivity index is 2.06. The van der Waals surface area contributed by atoms with Crippen molar-refractivity contribution in [3.05, 3.63) is 28.8 Å². The van der Waals surface area contributed by atoms with Gasteiger partial charge in [0.2, 0.25) is 5.91 Å². The number of hydrogen-bond donors (Lipinski definition) is 0. The van der Waals surface area contributed by atoms with Crippen LogP contribution in [0.3, 0.4) is 0 Å². The van der Waals surface area contributed by atoms with Gasteiger partial charge >= 0.3 is 0 Å². The van der Waals surface area contributed by atoms with E-state index in [2.05, 4.69) is 20.8 Å². The molecule has 0 saturated carbocycles. The molecule has 0 aromatic heterocycles. The molecule has 25 heavy (non-hydrogen) atoms. The summed E-state index contributed by atoms with van der Waals surface area (Å²) in [7, 11) is 1.59. The molecule has 0 bridgehead atoms. The summed E-state index contributed by atoms with van der Waals surface area (Å²) in [5.41, 5.74) is 2.59. The summed E-state index contributed by atoms with van der Waals surface area (Å²) in [4.78, 5) is 29.0. The maximum absolute atomic E-state index is 12.9. The van der Waals surface area contributed by atoms with Crippen LogP contribution in [-0.4, -0.2) is 54.9 Å². The number of carbonyl (C=O) groups is 2. The molecule has 0 aliphatic carbocycles. The Labute approximate surface area is 150 Å². The first-order valence-corrected chi connectivity index (χ1v) is 8.84. The first-order chi connectivity index (χ1) is 11.6. The number of methoxy groups -OCH3 is 1. The molecule has 5 heteroatoms. The van der Waals surface area contributed by atoms with Crippen molar-refractivity contribution in [2.24, 2.45) is 5.41 Å². The zero-order chi connectivity index (χ0) is 18.8. The number of aryl methyl sites for hydroxylation is 2. The van der Waals surface area contributed by atoms with Crippen LogP contribution in [0.25, 0.3) is 0 Å². The summed E-state index contributed by atoms with van der Waals surface area (Å²) in [6.07, 6.45) is 0.534. The van der Waals surface area contributed by atoms with Gasteiger partial charge in [-0.1, -0.05) is 26.8 Å². The monoisotopic (exact) mass is 346 g/mol. The molecule has 5 nitrogen and oxygen atoms in total. The van der Waals surface area contributed by atoms with E-state index in [1.54, 1.807) is 7.11 Å². The minimum Gasteiger partial charge on any atom is -0.496 e. The summed E-state index contributed by atoms with van der Waals surface area (Å²) < 4.78 is 5.45. The summed E-state index contributed by atoms with van der Waals surface area (Å²) in [6.45, 7) is 12.4. The van der Waals surface area contributed by atoms with Gasteiger partial charge in [0.1, 0.15) is 5.75 Å². The summed E-state index contributed by atoms with van der Waals surface area (Å²) in [6, 6.07) is 3.89. The number of benzene rings is 1. The predicted molar refractivity (Wildman–Crippen MR) is 99.0 cm³/mol. The number of piperazine rings is 1. The highest BCUT2D eigenvalue weighted by atomic mass is 16.5. The van der Waals surface area contributed by atoms with Crippen LogP contribution in [0.1, 0.15) is 48.7 Å². The Bertz CT molecular complexity index is 654. The fourth-order valence-corrected chi connectivity index (χ4v) is 3.28. The Kier molecular flexibility index (Phi) is 5.76. The van der Waals surface area contributed by atoms with Crippen LogP contribution in [0.5, 0.6) is 5.75 Å². The van der Waals surface area contributed by atoms with Gasteiger partial charge in [-0.25, -0.2) is 0 Å². The molecular weight excluding hydrogens is 316 g/mol. The highest BCUT2D eigenvalue weighted by Gasteiger charge is 2.28. The number of carbonyl (C=O) groups excluding carboxylic acids is 2. The van der Waals surface area contributed by atoms with E-state index in [1.807, 2.05) is 35.8 Å². The largest absolute Gasteiger partial charge is 0.496 e. The van der Waals surface area contributed by atoms with Crippen LogP contribution < -0.4 is 4.74 Å². The van der Waals surface area contributed by atoms with Gasteiger partial charge in [0.25, 0.3) is 5.91 Å². The van der Waals surface area contributed by atoms with E-state index < -0.39 is 0 Å². The Morgan fingerprint density at radius 2 is 1.60 bits per heavy atom. The Morgan fingerprint density at radius 3 is 2.12 bits per heavy atom. The highest BCUT2D eigenvalue weighted by molar-refractivity contribution is 5.97. The molecule has 138 valence electrons. The second-order valence-corrected chi connectivity index (χ2v) is 8.07. The molecule has 1 aliphatic rings. The highest BCUT2D eigenvalue weighted by Crippen LogP contribution is 2.27. The smallest absolute Gasteiger partial charge is 0.257 e. The van der Waals surface area contributed by atoms with Gasteiger partial charge in [-0.2, -0.15) is 0 Å². The maximum Gasteiger partial charge on any atom is 0.257 e. The molecule has 1 saturated heterocycles. The SMILES string of the molecule is COc1c(C)cc(C)cc1C(=O)N1CCN(C(=O)CC(C)(C)C)CC1. The average molecular weight is 346 g/mol. The third-order valence-electron chi connectivity index (χ3n) is 4.45. The van der Waals surface area contributed by atoms with Crippen LogP contribution in [0.4, 0.5) is 0 Å². The molecule has 1 heterocycles. The van der Waals surface area contributed by atoms with Crippen molar-refractivity contribution in [1.82, 2.24) is 9.80 Å². The van der Waals surface area contributed by atoms with E-state index in [-0.39, 0.29) is 17.2 Å². The van der Waals surface area contributed by atoms with E-state index in [1.165, 1.54) is 0 Å². The fraction of sp³-hybridized carbons (Fsp3) is 0.600. The Hall–Kier alpha value is -2.04. The second-order valence-electron chi connectivity index (χ2n) is 8.07. The molecule has 0 N–H and O–H groups in total. The third-order valence-corrected chi connectivity index (χ3v) is 4.45. The molecule has 1 aliphatic heterocycles. The molecule has 0 spiro atoms. The molecule has 2 amide bonds. The normalized spacial score (nSPS) is 15.3. The standard InChI is InChI=1S/C20H30N2O3/c1-14-11-15(2)18(25-6)16(12-14)19(24)22-9-7-21(8-10-22)17(23)13-20(3,4)5/h11-12H,7-10,13H2,1-6H3. The average Bonchev–Trinajstić information content (AvgIpc) is 2.52. The van der Waals surface area contributed by atoms with Crippen LogP contribution in [-0.2, 0) is 4.79 Å². The van der Waals surface area contributed by atoms with Crippen molar-refractivity contribution in [1.29, 1.82) is 0 Å². The van der Waals surface area contributed by atoms with Crippen molar-refractivity contribution >= 4 is 11.8 Å². The lowest BCUT2D eigenvalue weighted by Gasteiger charge is -2.36. The van der Waals surface area contributed by atoms with Gasteiger partial charge in [0, 0.05) is 32.6 Å². The molecule has 0 radical (unpaired) electrons. The predicted octanol–water partition coefficient (Wildman–Crippen LogP) is 3.03. The van der Waals surface area contributed by atoms with E-state index in [9.17, 15) is 9.59 Å². The van der Waals surface area contributed by atoms with Crippen molar-refractivity contribution in [2.75, 3.05) is 33.3 Å². The van der Waals surface area contributed by atoms with Crippen molar-refractivity contribution in [3.8, 4) is 5.75 Å². The van der Waals surface area contributed by atoms with Crippen LogP contribution in [0, 0.1) is 19.3 Å². The number of nitrogens with zero attached hydrogens (tertiary/aromatic N) is 2. The van der Waals surface area contributed by atoms with Crippen molar-refractivity contribution in [3.63, 3.8) is 0 Å². The second kappa shape index (κ2) is 7.46. The number of rotatable bonds is 3. The lowest BCUT2D eigenvalue weighted by Crippen LogP contribution is -2.51. The third kappa shape index (κ3) is 4.74. The zero-order valence-corrected chi connectivity index (χ0v) is 16.3. The molecule has 0 atom stereocenters. The molecule has 1 fully saturated rings. The maximum atomic E-state index is 12.9. The summed E-state index contributed by atoms with van der Waals surface area (Å²) >= 11 is 0. The number of hydrogen-bond acceptors (Lipinski definition) is 3. The number of amides is 2. The minimum atomic E-state index is -0.0217. The van der Waals surface area contributed by atoms with Crippen molar-refractivity contribution in [2.45, 2.75) is 41.0 Å². The zero-order valence-electron chi connectivity index (χ0n) is 16.3. The van der Waals surface area contributed by atoms with Crippen LogP contribution in [0.2, 0.25) is 0 Å². The molecule has 2 rings (SSSR count). The van der Waals surface area contributed by atoms with E-state index >= 15 is 0 Å². The summed E-state index contributed by atoms with van der Waals surface area (Å²) in [5, 5.41) is 0. The Morgan fingerprint density at radius 1 is 1.04 bits per heavy atom. The first-order valence-electron chi connectivity index (χ1n) is 8.84. The van der Waals surface area contributed by atoms with E-state index in [0.29, 0.717) is 43.9 Å². The molecule has 1 aromatic rings. The van der Waals surface area contributed by atoms with Gasteiger partial charge in [-0.15, -0.1) is 0 Å². The van der Waals surface area contributed by atoms with E-state index in [4.69, 9.17) is 4.74 Å². The quantitative estimate of drug-likeness (QED) is 0.845. The van der Waals surface area contributed by atoms with Crippen molar-refractivity contribution < 1.29 is 14.3 Å². The van der Waals surface area contributed by atoms with Gasteiger partial charge in [0.05, 0.1) is 12.7 Å². The molecule has 0 unspecified atom stereocenters. The van der Waals surface area contributed by atoms with Gasteiger partial charge in [-0.3, -0.25) is 9.59 Å².